The minimum Gasteiger partial charge on any atom is -0.359 e. The van der Waals surface area contributed by atoms with Gasteiger partial charge in [-0.15, -0.1) is 22.7 Å². The third-order valence-corrected chi connectivity index (χ3v) is 5.88. The van der Waals surface area contributed by atoms with Crippen LogP contribution in [0, 0.1) is 5.92 Å². The van der Waals surface area contributed by atoms with E-state index in [1.165, 1.54) is 22.7 Å². The zero-order valence-electron chi connectivity index (χ0n) is 14.9. The molecule has 0 saturated heterocycles. The van der Waals surface area contributed by atoms with Crippen LogP contribution in [0.5, 0.6) is 0 Å². The summed E-state index contributed by atoms with van der Waals surface area (Å²) in [7, 11) is 1.57. The Balaban J connectivity index is 1.49. The molecular weight excluding hydrogens is 386 g/mol. The fourth-order valence-electron chi connectivity index (χ4n) is 2.87. The molecule has 3 rings (SSSR count). The molecule has 2 aromatic rings. The Morgan fingerprint density at radius 2 is 1.52 bits per heavy atom. The number of rotatable bonds is 7. The fraction of sp³-hybridized carbons (Fsp3) is 0.471. The molecule has 144 valence electrons. The summed E-state index contributed by atoms with van der Waals surface area (Å²) in [6, 6.07) is 0. The number of likely N-dealkylation sites (N-methyl/N-ethyl adjacent to an activating group) is 1. The van der Waals surface area contributed by atoms with Gasteiger partial charge in [0.1, 0.15) is 0 Å². The van der Waals surface area contributed by atoms with Gasteiger partial charge in [-0.3, -0.25) is 14.4 Å². The maximum absolute atomic E-state index is 12.2. The molecule has 1 aliphatic carbocycles. The molecule has 0 spiro atoms. The van der Waals surface area contributed by atoms with Crippen molar-refractivity contribution in [3.63, 3.8) is 0 Å². The van der Waals surface area contributed by atoms with Crippen LogP contribution >= 0.6 is 22.7 Å². The lowest BCUT2D eigenvalue weighted by Crippen LogP contribution is -2.20. The largest absolute Gasteiger partial charge is 0.359 e. The predicted octanol–water partition coefficient (Wildman–Crippen LogP) is 2.20. The zero-order chi connectivity index (χ0) is 19.2. The van der Waals surface area contributed by atoms with Gasteiger partial charge >= 0.3 is 0 Å². The quantitative estimate of drug-likeness (QED) is 0.651. The average Bonchev–Trinajstić information content (AvgIpc) is 3.37. The molecule has 0 radical (unpaired) electrons. The number of carbonyl (C=O) groups excluding carboxylic acids is 3. The number of amides is 3. The fourth-order valence-corrected chi connectivity index (χ4v) is 4.31. The van der Waals surface area contributed by atoms with Crippen molar-refractivity contribution in [1.29, 1.82) is 0 Å². The molecule has 0 atom stereocenters. The van der Waals surface area contributed by atoms with Crippen LogP contribution in [0.3, 0.4) is 0 Å². The Bertz CT molecular complexity index is 826. The molecule has 0 bridgehead atoms. The van der Waals surface area contributed by atoms with Gasteiger partial charge in [0.15, 0.2) is 10.3 Å². The monoisotopic (exact) mass is 407 g/mol. The van der Waals surface area contributed by atoms with Crippen LogP contribution in [0.2, 0.25) is 0 Å². The summed E-state index contributed by atoms with van der Waals surface area (Å²) in [5.74, 6) is -0.276. The standard InChI is InChI=1S/C17H21N5O3S2/c1-18-13(23)6-11-8-26-16(19-11)21-14(24)7-12-9-27-17(20-12)22-15(25)10-4-2-3-5-10/h8-10H,2-7H2,1H3,(H,18,23)(H,19,21,24)(H,20,22,25). The first-order valence-corrected chi connectivity index (χ1v) is 10.5. The zero-order valence-corrected chi connectivity index (χ0v) is 16.5. The molecular formula is C17H21N5O3S2. The third kappa shape index (κ3) is 5.57. The maximum Gasteiger partial charge on any atom is 0.232 e. The lowest BCUT2D eigenvalue weighted by molar-refractivity contribution is -0.120. The maximum atomic E-state index is 12.2. The first-order chi connectivity index (χ1) is 13.0. The molecule has 2 aromatic heterocycles. The number of hydrogen-bond acceptors (Lipinski definition) is 7. The Labute approximate surface area is 164 Å². The lowest BCUT2D eigenvalue weighted by Gasteiger charge is -2.07. The molecule has 1 fully saturated rings. The predicted molar refractivity (Wildman–Crippen MR) is 105 cm³/mol. The van der Waals surface area contributed by atoms with Gasteiger partial charge in [-0.05, 0) is 12.8 Å². The van der Waals surface area contributed by atoms with Crippen molar-refractivity contribution >= 4 is 50.7 Å². The third-order valence-electron chi connectivity index (χ3n) is 4.27. The summed E-state index contributed by atoms with van der Waals surface area (Å²) in [6.07, 6.45) is 4.34. The highest BCUT2D eigenvalue weighted by Crippen LogP contribution is 2.26. The number of nitrogens with zero attached hydrogens (tertiary/aromatic N) is 2. The molecule has 10 heteroatoms. The number of thiazole rings is 2. The van der Waals surface area contributed by atoms with Gasteiger partial charge in [0, 0.05) is 23.7 Å². The minimum absolute atomic E-state index is 0.0179. The van der Waals surface area contributed by atoms with Crippen molar-refractivity contribution < 1.29 is 14.4 Å². The van der Waals surface area contributed by atoms with Gasteiger partial charge in [-0.2, -0.15) is 0 Å². The van der Waals surface area contributed by atoms with Gasteiger partial charge in [0.25, 0.3) is 0 Å². The van der Waals surface area contributed by atoms with Gasteiger partial charge in [0.2, 0.25) is 17.7 Å². The molecule has 8 nitrogen and oxygen atoms in total. The van der Waals surface area contributed by atoms with Gasteiger partial charge in [-0.1, -0.05) is 12.8 Å². The van der Waals surface area contributed by atoms with Crippen molar-refractivity contribution in [2.75, 3.05) is 17.7 Å². The second-order valence-corrected chi connectivity index (χ2v) is 8.05. The van der Waals surface area contributed by atoms with Crippen molar-refractivity contribution in [2.45, 2.75) is 38.5 Å². The summed E-state index contributed by atoms with van der Waals surface area (Å²) in [5.41, 5.74) is 1.21. The van der Waals surface area contributed by atoms with Gasteiger partial charge < -0.3 is 16.0 Å². The molecule has 3 amide bonds. The van der Waals surface area contributed by atoms with Gasteiger partial charge in [-0.25, -0.2) is 9.97 Å². The smallest absolute Gasteiger partial charge is 0.232 e. The SMILES string of the molecule is CNC(=O)Cc1csc(NC(=O)Cc2csc(NC(=O)C3CCCC3)n2)n1. The number of hydrogen-bond donors (Lipinski definition) is 3. The molecule has 3 N–H and O–H groups in total. The summed E-state index contributed by atoms with van der Waals surface area (Å²) < 4.78 is 0. The van der Waals surface area contributed by atoms with Crippen LogP contribution in [-0.4, -0.2) is 34.7 Å². The van der Waals surface area contributed by atoms with Crippen molar-refractivity contribution in [1.82, 2.24) is 15.3 Å². The van der Waals surface area contributed by atoms with E-state index in [0.717, 1.165) is 25.7 Å². The van der Waals surface area contributed by atoms with Crippen LogP contribution in [0.4, 0.5) is 10.3 Å². The summed E-state index contributed by atoms with van der Waals surface area (Å²) in [4.78, 5) is 44.2. The van der Waals surface area contributed by atoms with E-state index in [2.05, 4.69) is 25.9 Å². The summed E-state index contributed by atoms with van der Waals surface area (Å²) in [5, 5.41) is 12.6. The van der Waals surface area contributed by atoms with Crippen molar-refractivity contribution in [3.8, 4) is 0 Å². The second kappa shape index (κ2) is 9.05. The normalized spacial score (nSPS) is 14.1. The number of carbonyl (C=O) groups is 3. The molecule has 27 heavy (non-hydrogen) atoms. The van der Waals surface area contributed by atoms with Crippen LogP contribution in [0.15, 0.2) is 10.8 Å². The lowest BCUT2D eigenvalue weighted by atomic mass is 10.1. The Hall–Kier alpha value is -2.33. The van der Waals surface area contributed by atoms with E-state index in [-0.39, 0.29) is 36.5 Å². The number of anilines is 2. The van der Waals surface area contributed by atoms with Crippen molar-refractivity contribution in [3.05, 3.63) is 22.1 Å². The molecule has 0 unspecified atom stereocenters. The minimum atomic E-state index is -0.241. The second-order valence-electron chi connectivity index (χ2n) is 6.33. The van der Waals surface area contributed by atoms with Crippen LogP contribution in [0.1, 0.15) is 37.1 Å². The highest BCUT2D eigenvalue weighted by Gasteiger charge is 2.23. The average molecular weight is 408 g/mol. The van der Waals surface area contributed by atoms with E-state index < -0.39 is 0 Å². The van der Waals surface area contributed by atoms with Crippen LogP contribution < -0.4 is 16.0 Å². The van der Waals surface area contributed by atoms with E-state index in [0.29, 0.717) is 21.7 Å². The van der Waals surface area contributed by atoms with Gasteiger partial charge in [0.05, 0.1) is 24.2 Å². The Morgan fingerprint density at radius 1 is 0.963 bits per heavy atom. The van der Waals surface area contributed by atoms with E-state index in [1.807, 2.05) is 0 Å². The summed E-state index contributed by atoms with van der Waals surface area (Å²) >= 11 is 2.59. The molecule has 0 aromatic carbocycles. The first kappa shape index (κ1) is 19.4. The van der Waals surface area contributed by atoms with E-state index in [1.54, 1.807) is 17.8 Å². The highest BCUT2D eigenvalue weighted by molar-refractivity contribution is 7.14. The first-order valence-electron chi connectivity index (χ1n) is 8.73. The molecule has 1 saturated carbocycles. The van der Waals surface area contributed by atoms with E-state index >= 15 is 0 Å². The molecule has 1 aliphatic rings. The Kier molecular flexibility index (Phi) is 6.51. The van der Waals surface area contributed by atoms with E-state index in [9.17, 15) is 14.4 Å². The highest BCUT2D eigenvalue weighted by atomic mass is 32.1. The molecule has 2 heterocycles. The van der Waals surface area contributed by atoms with Crippen LogP contribution in [-0.2, 0) is 27.2 Å². The van der Waals surface area contributed by atoms with Crippen LogP contribution in [0.25, 0.3) is 0 Å². The Morgan fingerprint density at radius 3 is 2.11 bits per heavy atom. The van der Waals surface area contributed by atoms with E-state index in [4.69, 9.17) is 0 Å². The number of nitrogens with one attached hydrogen (secondary N) is 3. The number of aromatic nitrogens is 2. The van der Waals surface area contributed by atoms with Crippen molar-refractivity contribution in [2.24, 2.45) is 5.92 Å². The topological polar surface area (TPSA) is 113 Å². The molecule has 0 aliphatic heterocycles. The summed E-state index contributed by atoms with van der Waals surface area (Å²) in [6.45, 7) is 0.